The Morgan fingerprint density at radius 1 is 0.917 bits per heavy atom. The van der Waals surface area contributed by atoms with Crippen LogP contribution >= 0.6 is 0 Å². The van der Waals surface area contributed by atoms with Crippen molar-refractivity contribution < 1.29 is 14.3 Å². The molecule has 0 aliphatic heterocycles. The zero-order valence-electron chi connectivity index (χ0n) is 14.9. The van der Waals surface area contributed by atoms with Crippen LogP contribution in [-0.4, -0.2) is 67.6 Å². The predicted molar refractivity (Wildman–Crippen MR) is 102 cm³/mol. The maximum atomic E-state index is 11.7. The Balaban J connectivity index is 0. The molecule has 0 atom stereocenters. The van der Waals surface area contributed by atoms with Gasteiger partial charge in [0, 0.05) is 26.1 Å². The van der Waals surface area contributed by atoms with Crippen molar-refractivity contribution in [1.82, 2.24) is 5.32 Å². The molecule has 138 valence electrons. The number of nitrogens with two attached hydrogens (primary N) is 1. The van der Waals surface area contributed by atoms with Gasteiger partial charge in [0.05, 0.1) is 0 Å². The summed E-state index contributed by atoms with van der Waals surface area (Å²) in [5, 5.41) is 3.03. The molecule has 0 bridgehead atoms. The summed E-state index contributed by atoms with van der Waals surface area (Å²) in [7, 11) is 0. The molecule has 0 saturated heterocycles. The molecule has 0 amide bonds. The Morgan fingerprint density at radius 2 is 1.50 bits per heavy atom. The summed E-state index contributed by atoms with van der Waals surface area (Å²) in [5.74, 6) is -0.423. The van der Waals surface area contributed by atoms with Gasteiger partial charge in [-0.1, -0.05) is 58.3 Å². The summed E-state index contributed by atoms with van der Waals surface area (Å²) in [4.78, 5) is 23.1. The summed E-state index contributed by atoms with van der Waals surface area (Å²) in [6.07, 6.45) is 11.4. The van der Waals surface area contributed by atoms with Crippen LogP contribution in [0, 0.1) is 0 Å². The molecular formula is C18H37N2NaO3. The topological polar surface area (TPSA) is 81.4 Å². The summed E-state index contributed by atoms with van der Waals surface area (Å²) < 4.78 is 4.99. The minimum absolute atomic E-state index is 0. The molecule has 0 radical (unpaired) electrons. The first-order chi connectivity index (χ1) is 11.2. The second-order valence-electron chi connectivity index (χ2n) is 6.05. The van der Waals surface area contributed by atoms with Crippen molar-refractivity contribution in [3.8, 4) is 0 Å². The quantitative estimate of drug-likeness (QED) is 0.182. The van der Waals surface area contributed by atoms with Gasteiger partial charge in [0.1, 0.15) is 18.8 Å². The zero-order valence-corrected chi connectivity index (χ0v) is 14.9. The number of hydrogen-bond donors (Lipinski definition) is 2. The molecule has 0 aromatic carbocycles. The van der Waals surface area contributed by atoms with Crippen LogP contribution in [0.5, 0.6) is 0 Å². The van der Waals surface area contributed by atoms with Crippen molar-refractivity contribution in [3.63, 3.8) is 0 Å². The van der Waals surface area contributed by atoms with Crippen molar-refractivity contribution in [2.24, 2.45) is 5.73 Å². The maximum absolute atomic E-state index is 11.7. The molecule has 0 aromatic rings. The van der Waals surface area contributed by atoms with Crippen LogP contribution in [0.4, 0.5) is 0 Å². The van der Waals surface area contributed by atoms with E-state index >= 15 is 0 Å². The first kappa shape index (κ1) is 26.3. The number of Topliss-reactive ketones (excluding diaryl/α,β-unsaturated/α-hetero) is 1. The van der Waals surface area contributed by atoms with Crippen molar-refractivity contribution in [3.05, 3.63) is 0 Å². The van der Waals surface area contributed by atoms with Crippen LogP contribution in [0.25, 0.3) is 0 Å². The van der Waals surface area contributed by atoms with Gasteiger partial charge < -0.3 is 15.8 Å². The molecule has 0 aliphatic rings. The number of rotatable bonds is 17. The van der Waals surface area contributed by atoms with Crippen molar-refractivity contribution in [2.75, 3.05) is 26.2 Å². The third-order valence-electron chi connectivity index (χ3n) is 3.76. The molecule has 0 rings (SSSR count). The summed E-state index contributed by atoms with van der Waals surface area (Å²) in [6, 6.07) is 0. The predicted octanol–water partition coefficient (Wildman–Crippen LogP) is 2.31. The van der Waals surface area contributed by atoms with Crippen molar-refractivity contribution >= 4 is 41.3 Å². The Kier molecular flexibility index (Phi) is 23.1. The molecule has 6 heteroatoms. The van der Waals surface area contributed by atoms with E-state index in [2.05, 4.69) is 12.2 Å². The fourth-order valence-corrected chi connectivity index (χ4v) is 2.40. The Bertz CT molecular complexity index is 302. The second-order valence-corrected chi connectivity index (χ2v) is 6.05. The number of ketones is 1. The van der Waals surface area contributed by atoms with Gasteiger partial charge in [-0.3, -0.25) is 9.59 Å². The summed E-state index contributed by atoms with van der Waals surface area (Å²) in [5.41, 5.74) is 5.33. The summed E-state index contributed by atoms with van der Waals surface area (Å²) in [6.45, 7) is 4.37. The van der Waals surface area contributed by atoms with Crippen LogP contribution in [0.2, 0.25) is 0 Å². The standard InChI is InChI=1S/C18H36N2O3.Na.H/c1-2-3-4-5-6-7-8-9-10-11-17(21)16-18(22)23-15-14-20-13-12-19;;/h20H,2-16,19H2,1H3;;. The average molecular weight is 352 g/mol. The van der Waals surface area contributed by atoms with Crippen LogP contribution in [0.15, 0.2) is 0 Å². The molecule has 5 nitrogen and oxygen atoms in total. The summed E-state index contributed by atoms with van der Waals surface area (Å²) >= 11 is 0. The van der Waals surface area contributed by atoms with Crippen LogP contribution in [-0.2, 0) is 14.3 Å². The SMILES string of the molecule is CCCCCCCCCCCC(=O)CC(=O)OCCNCCN.[NaH]. The van der Waals surface area contributed by atoms with Crippen LogP contribution in [0.1, 0.15) is 77.6 Å². The average Bonchev–Trinajstić information content (AvgIpc) is 2.53. The van der Waals surface area contributed by atoms with Gasteiger partial charge in [-0.25, -0.2) is 0 Å². The van der Waals surface area contributed by atoms with E-state index < -0.39 is 5.97 Å². The van der Waals surface area contributed by atoms with Gasteiger partial charge in [0.25, 0.3) is 0 Å². The van der Waals surface area contributed by atoms with E-state index in [0.29, 0.717) is 32.7 Å². The Hall–Kier alpha value is 0.0600. The first-order valence-electron chi connectivity index (χ1n) is 9.28. The molecule has 0 aliphatic carbocycles. The van der Waals surface area contributed by atoms with Gasteiger partial charge in [0.2, 0.25) is 0 Å². The van der Waals surface area contributed by atoms with Gasteiger partial charge in [-0.2, -0.15) is 0 Å². The number of hydrogen-bond acceptors (Lipinski definition) is 5. The van der Waals surface area contributed by atoms with Gasteiger partial charge in [0.15, 0.2) is 0 Å². The number of nitrogens with one attached hydrogen (secondary N) is 1. The fraction of sp³-hybridized carbons (Fsp3) is 0.889. The van der Waals surface area contributed by atoms with E-state index in [1.807, 2.05) is 0 Å². The molecule has 3 N–H and O–H groups in total. The normalized spacial score (nSPS) is 10.2. The Morgan fingerprint density at radius 3 is 2.08 bits per heavy atom. The van der Waals surface area contributed by atoms with E-state index in [0.717, 1.165) is 12.8 Å². The number of esters is 1. The number of ether oxygens (including phenoxy) is 1. The monoisotopic (exact) mass is 352 g/mol. The third kappa shape index (κ3) is 20.1. The Labute approximate surface area is 170 Å². The number of carbonyl (C=O) groups excluding carboxylic acids is 2. The van der Waals surface area contributed by atoms with Gasteiger partial charge >= 0.3 is 35.5 Å². The van der Waals surface area contributed by atoms with E-state index in [4.69, 9.17) is 10.5 Å². The molecular weight excluding hydrogens is 315 g/mol. The molecule has 0 aromatic heterocycles. The molecule has 24 heavy (non-hydrogen) atoms. The van der Waals surface area contributed by atoms with Crippen LogP contribution < -0.4 is 11.1 Å². The fourth-order valence-electron chi connectivity index (χ4n) is 2.40. The molecule has 0 spiro atoms. The number of unbranched alkanes of at least 4 members (excludes halogenated alkanes) is 8. The molecule has 0 saturated carbocycles. The van der Waals surface area contributed by atoms with Crippen molar-refractivity contribution in [1.29, 1.82) is 0 Å². The van der Waals surface area contributed by atoms with Crippen molar-refractivity contribution in [2.45, 2.75) is 77.6 Å². The van der Waals surface area contributed by atoms with E-state index in [-0.39, 0.29) is 41.8 Å². The second kappa shape index (κ2) is 21.1. The third-order valence-corrected chi connectivity index (χ3v) is 3.76. The van der Waals surface area contributed by atoms with E-state index in [1.54, 1.807) is 0 Å². The van der Waals surface area contributed by atoms with Gasteiger partial charge in [-0.15, -0.1) is 0 Å². The minimum atomic E-state index is -0.416. The molecule has 0 unspecified atom stereocenters. The van der Waals surface area contributed by atoms with Gasteiger partial charge in [-0.05, 0) is 6.42 Å². The first-order valence-corrected chi connectivity index (χ1v) is 9.28. The van der Waals surface area contributed by atoms with E-state index in [9.17, 15) is 9.59 Å². The zero-order chi connectivity index (χ0) is 17.2. The van der Waals surface area contributed by atoms with Crippen LogP contribution in [0.3, 0.4) is 0 Å². The van der Waals surface area contributed by atoms with E-state index in [1.165, 1.54) is 44.9 Å². The number of carbonyl (C=O) groups is 2. The molecule has 0 fully saturated rings. The molecule has 0 heterocycles.